The Balaban J connectivity index is 2.02. The Labute approximate surface area is 112 Å². The number of Topliss-reactive ketones (excluding diaryl/α,β-unsaturated/α-hetero) is 1. The van der Waals surface area contributed by atoms with E-state index in [9.17, 15) is 4.79 Å². The van der Waals surface area contributed by atoms with Gasteiger partial charge < -0.3 is 4.90 Å². The predicted molar refractivity (Wildman–Crippen MR) is 74.7 cm³/mol. The smallest absolute Gasteiger partial charge is 0.136 e. The lowest BCUT2D eigenvalue weighted by Gasteiger charge is -2.48. The van der Waals surface area contributed by atoms with E-state index in [1.807, 2.05) is 0 Å². The minimum absolute atomic E-state index is 0.303. The number of carbonyl (C=O) groups is 1. The van der Waals surface area contributed by atoms with E-state index in [2.05, 4.69) is 37.7 Å². The number of ketones is 1. The quantitative estimate of drug-likeness (QED) is 0.766. The Morgan fingerprint density at radius 2 is 1.78 bits per heavy atom. The molecule has 0 aromatic rings. The van der Waals surface area contributed by atoms with E-state index >= 15 is 0 Å². The Morgan fingerprint density at radius 3 is 2.28 bits per heavy atom. The van der Waals surface area contributed by atoms with E-state index in [-0.39, 0.29) is 0 Å². The van der Waals surface area contributed by atoms with Crippen molar-refractivity contribution >= 4 is 5.78 Å². The summed E-state index contributed by atoms with van der Waals surface area (Å²) in [5, 5.41) is 0. The second-order valence-electron chi connectivity index (χ2n) is 7.26. The fourth-order valence-electron chi connectivity index (χ4n) is 3.92. The zero-order chi connectivity index (χ0) is 13.3. The number of hydrogen-bond acceptors (Lipinski definition) is 3. The summed E-state index contributed by atoms with van der Waals surface area (Å²) in [4.78, 5) is 16.6. The normalized spacial score (nSPS) is 29.9. The average molecular weight is 252 g/mol. The standard InChI is InChI=1S/C15H28N2O/c1-15(2,10-16(3)4)11-17-12-6-5-7-13(17)9-14(18)8-12/h12-13H,5-11H2,1-4H3. The van der Waals surface area contributed by atoms with Crippen molar-refractivity contribution in [2.24, 2.45) is 5.41 Å². The van der Waals surface area contributed by atoms with Crippen molar-refractivity contribution < 1.29 is 4.79 Å². The Kier molecular flexibility index (Phi) is 4.12. The summed E-state index contributed by atoms with van der Waals surface area (Å²) in [6.07, 6.45) is 5.36. The molecule has 0 aromatic carbocycles. The van der Waals surface area contributed by atoms with Crippen LogP contribution in [0.25, 0.3) is 0 Å². The molecule has 2 aliphatic rings. The van der Waals surface area contributed by atoms with Gasteiger partial charge >= 0.3 is 0 Å². The molecule has 0 N–H and O–H groups in total. The molecule has 0 aromatic heterocycles. The SMILES string of the molecule is CN(C)CC(C)(C)CN1C2CCCC1CC(=O)C2. The van der Waals surface area contributed by atoms with Crippen LogP contribution in [0, 0.1) is 5.41 Å². The Bertz CT molecular complexity index is 296. The van der Waals surface area contributed by atoms with Gasteiger partial charge in [-0.1, -0.05) is 20.3 Å². The summed E-state index contributed by atoms with van der Waals surface area (Å²) in [5.74, 6) is 0.492. The summed E-state index contributed by atoms with van der Waals surface area (Å²) in [5.41, 5.74) is 0.303. The van der Waals surface area contributed by atoms with Crippen LogP contribution in [0.5, 0.6) is 0 Å². The molecule has 18 heavy (non-hydrogen) atoms. The lowest BCUT2D eigenvalue weighted by atomic mass is 9.81. The van der Waals surface area contributed by atoms with Crippen molar-refractivity contribution in [1.82, 2.24) is 9.80 Å². The molecule has 0 radical (unpaired) electrons. The first-order valence-corrected chi connectivity index (χ1v) is 7.29. The highest BCUT2D eigenvalue weighted by atomic mass is 16.1. The van der Waals surface area contributed by atoms with Crippen LogP contribution in [0.2, 0.25) is 0 Å². The van der Waals surface area contributed by atoms with Crippen LogP contribution in [-0.4, -0.2) is 54.9 Å². The molecular weight excluding hydrogens is 224 g/mol. The second-order valence-corrected chi connectivity index (χ2v) is 7.26. The maximum Gasteiger partial charge on any atom is 0.136 e. The van der Waals surface area contributed by atoms with Gasteiger partial charge in [0, 0.05) is 38.0 Å². The molecule has 0 saturated carbocycles. The van der Waals surface area contributed by atoms with Crippen LogP contribution in [0.3, 0.4) is 0 Å². The van der Waals surface area contributed by atoms with E-state index in [0.717, 1.165) is 25.9 Å². The third-order valence-corrected chi connectivity index (χ3v) is 4.29. The molecule has 2 unspecified atom stereocenters. The lowest BCUT2D eigenvalue weighted by Crippen LogP contribution is -2.56. The van der Waals surface area contributed by atoms with Crippen molar-refractivity contribution in [3.63, 3.8) is 0 Å². The van der Waals surface area contributed by atoms with Crippen molar-refractivity contribution in [2.75, 3.05) is 27.2 Å². The lowest BCUT2D eigenvalue weighted by molar-refractivity contribution is -0.128. The van der Waals surface area contributed by atoms with Crippen LogP contribution in [0.4, 0.5) is 0 Å². The van der Waals surface area contributed by atoms with Gasteiger partial charge in [-0.15, -0.1) is 0 Å². The number of hydrogen-bond donors (Lipinski definition) is 0. The van der Waals surface area contributed by atoms with Crippen LogP contribution >= 0.6 is 0 Å². The van der Waals surface area contributed by atoms with E-state index < -0.39 is 0 Å². The van der Waals surface area contributed by atoms with Gasteiger partial charge in [-0.05, 0) is 32.4 Å². The molecule has 2 atom stereocenters. The number of rotatable bonds is 4. The highest BCUT2D eigenvalue weighted by Gasteiger charge is 2.39. The highest BCUT2D eigenvalue weighted by Crippen LogP contribution is 2.34. The molecule has 104 valence electrons. The van der Waals surface area contributed by atoms with Crippen LogP contribution in [-0.2, 0) is 4.79 Å². The van der Waals surface area contributed by atoms with Gasteiger partial charge in [0.05, 0.1) is 0 Å². The topological polar surface area (TPSA) is 23.6 Å². The monoisotopic (exact) mass is 252 g/mol. The van der Waals surface area contributed by atoms with Crippen molar-refractivity contribution in [1.29, 1.82) is 0 Å². The van der Waals surface area contributed by atoms with E-state index in [1.165, 1.54) is 19.3 Å². The number of nitrogens with zero attached hydrogens (tertiary/aromatic N) is 2. The summed E-state index contributed by atoms with van der Waals surface area (Å²) >= 11 is 0. The number of fused-ring (bicyclic) bond motifs is 2. The van der Waals surface area contributed by atoms with Crippen molar-refractivity contribution in [2.45, 2.75) is 58.0 Å². The minimum Gasteiger partial charge on any atom is -0.309 e. The van der Waals surface area contributed by atoms with Gasteiger partial charge in [0.2, 0.25) is 0 Å². The third-order valence-electron chi connectivity index (χ3n) is 4.29. The molecular formula is C15H28N2O. The summed E-state index contributed by atoms with van der Waals surface area (Å²) in [7, 11) is 4.28. The second kappa shape index (κ2) is 5.30. The van der Waals surface area contributed by atoms with E-state index in [4.69, 9.17) is 0 Å². The van der Waals surface area contributed by atoms with Gasteiger partial charge in [0.15, 0.2) is 0 Å². The summed E-state index contributed by atoms with van der Waals surface area (Å²) in [6.45, 7) is 6.93. The number of piperidine rings is 2. The first-order chi connectivity index (χ1) is 8.37. The third kappa shape index (κ3) is 3.33. The maximum absolute atomic E-state index is 11.7. The number of carbonyl (C=O) groups excluding carboxylic acids is 1. The van der Waals surface area contributed by atoms with Gasteiger partial charge in [0.25, 0.3) is 0 Å². The van der Waals surface area contributed by atoms with Gasteiger partial charge in [-0.2, -0.15) is 0 Å². The van der Waals surface area contributed by atoms with E-state index in [0.29, 0.717) is 23.3 Å². The van der Waals surface area contributed by atoms with E-state index in [1.54, 1.807) is 0 Å². The minimum atomic E-state index is 0.303. The summed E-state index contributed by atoms with van der Waals surface area (Å²) < 4.78 is 0. The highest BCUT2D eigenvalue weighted by molar-refractivity contribution is 5.80. The van der Waals surface area contributed by atoms with Gasteiger partial charge in [-0.3, -0.25) is 9.69 Å². The largest absolute Gasteiger partial charge is 0.309 e. The molecule has 2 heterocycles. The molecule has 2 saturated heterocycles. The summed E-state index contributed by atoms with van der Waals surface area (Å²) in [6, 6.07) is 1.07. The molecule has 0 aliphatic carbocycles. The zero-order valence-corrected chi connectivity index (χ0v) is 12.4. The molecule has 3 nitrogen and oxygen atoms in total. The predicted octanol–water partition coefficient (Wildman–Crippen LogP) is 2.16. The molecule has 0 amide bonds. The van der Waals surface area contributed by atoms with Crippen LogP contribution < -0.4 is 0 Å². The molecule has 2 rings (SSSR count). The Morgan fingerprint density at radius 1 is 1.22 bits per heavy atom. The fraction of sp³-hybridized carbons (Fsp3) is 0.933. The molecule has 2 fully saturated rings. The van der Waals surface area contributed by atoms with Crippen LogP contribution in [0.15, 0.2) is 0 Å². The molecule has 3 heteroatoms. The van der Waals surface area contributed by atoms with Crippen LogP contribution in [0.1, 0.15) is 46.0 Å². The maximum atomic E-state index is 11.7. The van der Waals surface area contributed by atoms with Gasteiger partial charge in [-0.25, -0.2) is 0 Å². The average Bonchev–Trinajstić information content (AvgIpc) is 2.16. The first kappa shape index (κ1) is 14.0. The van der Waals surface area contributed by atoms with Crippen molar-refractivity contribution in [3.8, 4) is 0 Å². The fourth-order valence-corrected chi connectivity index (χ4v) is 3.92. The van der Waals surface area contributed by atoms with Crippen molar-refractivity contribution in [3.05, 3.63) is 0 Å². The molecule has 2 aliphatic heterocycles. The van der Waals surface area contributed by atoms with Gasteiger partial charge in [0.1, 0.15) is 5.78 Å². The first-order valence-electron chi connectivity index (χ1n) is 7.29. The molecule has 0 spiro atoms. The Hall–Kier alpha value is -0.410. The molecule has 2 bridgehead atoms. The zero-order valence-electron chi connectivity index (χ0n) is 12.4.